The molecule has 3 heteroatoms. The van der Waals surface area contributed by atoms with Crippen molar-refractivity contribution >= 4 is 6.09 Å². The lowest BCUT2D eigenvalue weighted by molar-refractivity contribution is 0.108. The van der Waals surface area contributed by atoms with Crippen molar-refractivity contribution in [2.24, 2.45) is 11.3 Å². The van der Waals surface area contributed by atoms with Crippen molar-refractivity contribution in [3.8, 4) is 0 Å². The van der Waals surface area contributed by atoms with Crippen LogP contribution in [0.1, 0.15) is 34.1 Å². The topological polar surface area (TPSA) is 29.5 Å². The van der Waals surface area contributed by atoms with E-state index >= 15 is 0 Å². The lowest BCUT2D eigenvalue weighted by Crippen LogP contribution is -2.33. The molecule has 14 heavy (non-hydrogen) atoms. The van der Waals surface area contributed by atoms with E-state index in [-0.39, 0.29) is 11.5 Å². The maximum atomic E-state index is 11.5. The van der Waals surface area contributed by atoms with E-state index in [1.165, 1.54) is 0 Å². The van der Waals surface area contributed by atoms with Gasteiger partial charge in [0.25, 0.3) is 0 Å². The van der Waals surface area contributed by atoms with E-state index in [2.05, 4.69) is 20.8 Å². The molecule has 1 fully saturated rings. The van der Waals surface area contributed by atoms with E-state index in [0.717, 1.165) is 19.5 Å². The minimum atomic E-state index is -0.156. The molecule has 0 saturated carbocycles. The molecule has 0 bridgehead atoms. The van der Waals surface area contributed by atoms with E-state index < -0.39 is 0 Å². The van der Waals surface area contributed by atoms with Crippen LogP contribution in [-0.4, -0.2) is 30.7 Å². The number of rotatable bonds is 2. The SMILES string of the molecule is CCOC(=O)N1CC[C@](C)(C(C)C)C1. The molecule has 0 N–H and O–H groups in total. The van der Waals surface area contributed by atoms with Gasteiger partial charge in [0.1, 0.15) is 0 Å². The lowest BCUT2D eigenvalue weighted by Gasteiger charge is -2.28. The molecule has 1 saturated heterocycles. The molecule has 1 amide bonds. The van der Waals surface area contributed by atoms with Crippen LogP contribution in [0.5, 0.6) is 0 Å². The smallest absolute Gasteiger partial charge is 0.409 e. The first-order valence-corrected chi connectivity index (χ1v) is 5.41. The summed E-state index contributed by atoms with van der Waals surface area (Å²) in [6.45, 7) is 10.7. The third-order valence-electron chi connectivity index (χ3n) is 3.42. The molecule has 1 heterocycles. The molecular formula is C11H21NO2. The van der Waals surface area contributed by atoms with Crippen molar-refractivity contribution in [1.29, 1.82) is 0 Å². The van der Waals surface area contributed by atoms with Crippen LogP contribution in [0.2, 0.25) is 0 Å². The monoisotopic (exact) mass is 199 g/mol. The van der Waals surface area contributed by atoms with Crippen LogP contribution in [0.25, 0.3) is 0 Å². The number of carbonyl (C=O) groups is 1. The summed E-state index contributed by atoms with van der Waals surface area (Å²) < 4.78 is 4.99. The molecule has 0 aromatic carbocycles. The number of amides is 1. The van der Waals surface area contributed by atoms with Crippen molar-refractivity contribution in [2.75, 3.05) is 19.7 Å². The molecule has 3 nitrogen and oxygen atoms in total. The van der Waals surface area contributed by atoms with E-state index in [9.17, 15) is 4.79 Å². The predicted molar refractivity (Wildman–Crippen MR) is 56.2 cm³/mol. The molecule has 1 aliphatic rings. The largest absolute Gasteiger partial charge is 0.450 e. The fraction of sp³-hybridized carbons (Fsp3) is 0.909. The first-order chi connectivity index (χ1) is 6.49. The zero-order valence-corrected chi connectivity index (χ0v) is 9.67. The second-order valence-electron chi connectivity index (χ2n) is 4.68. The van der Waals surface area contributed by atoms with Crippen LogP contribution in [0, 0.1) is 11.3 Å². The third kappa shape index (κ3) is 2.20. The number of hydrogen-bond donors (Lipinski definition) is 0. The molecule has 1 rings (SSSR count). The molecule has 0 unspecified atom stereocenters. The summed E-state index contributed by atoms with van der Waals surface area (Å²) in [5.41, 5.74) is 0.271. The molecular weight excluding hydrogens is 178 g/mol. The zero-order chi connectivity index (χ0) is 10.8. The maximum Gasteiger partial charge on any atom is 0.409 e. The molecule has 1 aliphatic heterocycles. The Morgan fingerprint density at radius 1 is 1.57 bits per heavy atom. The van der Waals surface area contributed by atoms with Crippen LogP contribution < -0.4 is 0 Å². The normalized spacial score (nSPS) is 27.1. The van der Waals surface area contributed by atoms with Crippen LogP contribution in [-0.2, 0) is 4.74 Å². The van der Waals surface area contributed by atoms with Gasteiger partial charge in [-0.3, -0.25) is 0 Å². The highest BCUT2D eigenvalue weighted by Crippen LogP contribution is 2.37. The quantitative estimate of drug-likeness (QED) is 0.684. The summed E-state index contributed by atoms with van der Waals surface area (Å²) in [4.78, 5) is 13.3. The standard InChI is InChI=1S/C11H21NO2/c1-5-14-10(13)12-7-6-11(4,8-12)9(2)3/h9H,5-8H2,1-4H3/t11-/m0/s1. The second-order valence-corrected chi connectivity index (χ2v) is 4.68. The lowest BCUT2D eigenvalue weighted by atomic mass is 9.79. The van der Waals surface area contributed by atoms with Gasteiger partial charge in [-0.05, 0) is 24.7 Å². The highest BCUT2D eigenvalue weighted by atomic mass is 16.6. The summed E-state index contributed by atoms with van der Waals surface area (Å²) in [6, 6.07) is 0. The third-order valence-corrected chi connectivity index (χ3v) is 3.42. The Hall–Kier alpha value is -0.730. The number of hydrogen-bond acceptors (Lipinski definition) is 2. The summed E-state index contributed by atoms with van der Waals surface area (Å²) >= 11 is 0. The molecule has 0 spiro atoms. The summed E-state index contributed by atoms with van der Waals surface area (Å²) in [6.07, 6.45) is 0.931. The van der Waals surface area contributed by atoms with Crippen molar-refractivity contribution in [3.05, 3.63) is 0 Å². The number of nitrogens with zero attached hydrogens (tertiary/aromatic N) is 1. The van der Waals surface area contributed by atoms with Crippen molar-refractivity contribution in [3.63, 3.8) is 0 Å². The summed E-state index contributed by atoms with van der Waals surface area (Å²) in [7, 11) is 0. The summed E-state index contributed by atoms with van der Waals surface area (Å²) in [5.74, 6) is 0.613. The van der Waals surface area contributed by atoms with E-state index in [4.69, 9.17) is 4.74 Å². The minimum absolute atomic E-state index is 0.156. The molecule has 0 aliphatic carbocycles. The van der Waals surface area contributed by atoms with Gasteiger partial charge >= 0.3 is 6.09 Å². The van der Waals surface area contributed by atoms with Crippen LogP contribution >= 0.6 is 0 Å². The fourth-order valence-corrected chi connectivity index (χ4v) is 1.83. The van der Waals surface area contributed by atoms with Crippen molar-refractivity contribution < 1.29 is 9.53 Å². The number of likely N-dealkylation sites (tertiary alicyclic amines) is 1. The second kappa shape index (κ2) is 4.20. The minimum Gasteiger partial charge on any atom is -0.450 e. The van der Waals surface area contributed by atoms with Gasteiger partial charge in [0.15, 0.2) is 0 Å². The van der Waals surface area contributed by atoms with Crippen molar-refractivity contribution in [1.82, 2.24) is 4.90 Å². The predicted octanol–water partition coefficient (Wildman–Crippen LogP) is 2.51. The van der Waals surface area contributed by atoms with Gasteiger partial charge in [-0.15, -0.1) is 0 Å². The van der Waals surface area contributed by atoms with Gasteiger partial charge in [0, 0.05) is 13.1 Å². The van der Waals surface area contributed by atoms with Crippen LogP contribution in [0.15, 0.2) is 0 Å². The van der Waals surface area contributed by atoms with Gasteiger partial charge < -0.3 is 9.64 Å². The first kappa shape index (κ1) is 11.3. The first-order valence-electron chi connectivity index (χ1n) is 5.41. The fourth-order valence-electron chi connectivity index (χ4n) is 1.83. The molecule has 1 atom stereocenters. The Morgan fingerprint density at radius 2 is 2.21 bits per heavy atom. The zero-order valence-electron chi connectivity index (χ0n) is 9.67. The van der Waals surface area contributed by atoms with Gasteiger partial charge in [0.05, 0.1) is 6.61 Å². The molecule has 0 radical (unpaired) electrons. The van der Waals surface area contributed by atoms with E-state index in [1.807, 2.05) is 11.8 Å². The average molecular weight is 199 g/mol. The van der Waals surface area contributed by atoms with Crippen LogP contribution in [0.4, 0.5) is 4.79 Å². The maximum absolute atomic E-state index is 11.5. The Balaban J connectivity index is 2.52. The van der Waals surface area contributed by atoms with Gasteiger partial charge in [0.2, 0.25) is 0 Å². The summed E-state index contributed by atoms with van der Waals surface area (Å²) in [5, 5.41) is 0. The van der Waals surface area contributed by atoms with E-state index in [0.29, 0.717) is 12.5 Å². The Labute approximate surface area is 86.4 Å². The van der Waals surface area contributed by atoms with E-state index in [1.54, 1.807) is 0 Å². The Morgan fingerprint density at radius 3 is 2.64 bits per heavy atom. The highest BCUT2D eigenvalue weighted by molar-refractivity contribution is 5.68. The molecule has 0 aromatic rings. The molecule has 82 valence electrons. The number of carbonyl (C=O) groups excluding carboxylic acids is 1. The van der Waals surface area contributed by atoms with Crippen LogP contribution in [0.3, 0.4) is 0 Å². The van der Waals surface area contributed by atoms with Crippen molar-refractivity contribution in [2.45, 2.75) is 34.1 Å². The Bertz CT molecular complexity index is 215. The van der Waals surface area contributed by atoms with Gasteiger partial charge in [-0.1, -0.05) is 20.8 Å². The Kier molecular flexibility index (Phi) is 3.40. The molecule has 0 aromatic heterocycles. The number of ether oxygens (including phenoxy) is 1. The van der Waals surface area contributed by atoms with Gasteiger partial charge in [-0.2, -0.15) is 0 Å². The highest BCUT2D eigenvalue weighted by Gasteiger charge is 2.38. The average Bonchev–Trinajstić information content (AvgIpc) is 2.50. The van der Waals surface area contributed by atoms with Gasteiger partial charge in [-0.25, -0.2) is 4.79 Å².